The molecule has 19 heavy (non-hydrogen) atoms. The minimum atomic E-state index is -0.183. The van der Waals surface area contributed by atoms with E-state index in [1.165, 1.54) is 51.9 Å². The Bertz CT molecular complexity index is 244. The number of unbranched alkanes of at least 4 members (excludes halogenated alkanes) is 8. The third-order valence-electron chi connectivity index (χ3n) is 3.02. The van der Waals surface area contributed by atoms with Crippen molar-refractivity contribution in [1.82, 2.24) is 0 Å². The molecule has 0 unspecified atom stereocenters. The summed E-state index contributed by atoms with van der Waals surface area (Å²) in [5.41, 5.74) is 0. The molecule has 0 fully saturated rings. The van der Waals surface area contributed by atoms with Crippen LogP contribution in [0.1, 0.15) is 71.1 Å². The zero-order valence-corrected chi connectivity index (χ0v) is 12.5. The molecule has 0 heterocycles. The number of carbonyl (C=O) groups excluding carboxylic acids is 1. The minimum Gasteiger partial charge on any atom is -0.466 e. The molecule has 0 amide bonds. The summed E-state index contributed by atoms with van der Waals surface area (Å²) in [6.07, 6.45) is 18.7. The predicted molar refractivity (Wildman–Crippen MR) is 82.1 cm³/mol. The van der Waals surface area contributed by atoms with E-state index in [1.54, 1.807) is 0 Å². The van der Waals surface area contributed by atoms with Crippen molar-refractivity contribution in [3.8, 4) is 0 Å². The van der Waals surface area contributed by atoms with Crippen molar-refractivity contribution >= 4 is 5.97 Å². The lowest BCUT2D eigenvalue weighted by molar-refractivity contribution is -0.141. The van der Waals surface area contributed by atoms with Crippen molar-refractivity contribution in [2.45, 2.75) is 71.1 Å². The first-order chi connectivity index (χ1) is 9.27. The summed E-state index contributed by atoms with van der Waals surface area (Å²) >= 11 is 0. The fourth-order valence-electron chi connectivity index (χ4n) is 1.91. The molecular formula is C17H30O2. The summed E-state index contributed by atoms with van der Waals surface area (Å²) in [5, 5.41) is 0. The molecule has 0 spiro atoms. The molecule has 2 nitrogen and oxygen atoms in total. The fraction of sp³-hybridized carbons (Fsp3) is 0.706. The van der Waals surface area contributed by atoms with E-state index in [2.05, 4.69) is 18.7 Å². The van der Waals surface area contributed by atoms with Crippen LogP contribution in [0.2, 0.25) is 0 Å². The van der Waals surface area contributed by atoms with Crippen LogP contribution in [0, 0.1) is 0 Å². The summed E-state index contributed by atoms with van der Waals surface area (Å²) in [6, 6.07) is 0. The highest BCUT2D eigenvalue weighted by molar-refractivity contribution is 5.65. The molecule has 0 aromatic rings. The van der Waals surface area contributed by atoms with Crippen LogP contribution in [0.15, 0.2) is 24.8 Å². The van der Waals surface area contributed by atoms with E-state index in [0.29, 0.717) is 6.61 Å². The highest BCUT2D eigenvalue weighted by atomic mass is 16.5. The van der Waals surface area contributed by atoms with E-state index >= 15 is 0 Å². The Hall–Kier alpha value is -1.05. The van der Waals surface area contributed by atoms with E-state index < -0.39 is 0 Å². The Morgan fingerprint density at radius 3 is 2.00 bits per heavy atom. The average Bonchev–Trinajstić information content (AvgIpc) is 2.39. The maximum absolute atomic E-state index is 10.5. The van der Waals surface area contributed by atoms with Crippen molar-refractivity contribution in [3.63, 3.8) is 0 Å². The van der Waals surface area contributed by atoms with Gasteiger partial charge in [-0.15, -0.1) is 6.58 Å². The Balaban J connectivity index is 3.08. The van der Waals surface area contributed by atoms with Gasteiger partial charge in [-0.25, -0.2) is 0 Å². The van der Waals surface area contributed by atoms with Gasteiger partial charge in [-0.3, -0.25) is 4.79 Å². The van der Waals surface area contributed by atoms with Gasteiger partial charge in [-0.1, -0.05) is 43.9 Å². The lowest BCUT2D eigenvalue weighted by Crippen LogP contribution is -1.99. The standard InChI is InChI=1S/C17H30O2/c1-3-4-5-6-7-8-9-10-11-12-13-14-15-16-19-17(2)18/h3,12-13H,1,4-11,14-16H2,2H3. The molecule has 0 N–H and O–H groups in total. The van der Waals surface area contributed by atoms with Gasteiger partial charge in [0.1, 0.15) is 0 Å². The van der Waals surface area contributed by atoms with Gasteiger partial charge in [0.25, 0.3) is 0 Å². The van der Waals surface area contributed by atoms with Gasteiger partial charge in [0.15, 0.2) is 0 Å². The van der Waals surface area contributed by atoms with Gasteiger partial charge in [-0.05, 0) is 38.5 Å². The Labute approximate surface area is 118 Å². The molecule has 0 saturated carbocycles. The number of ether oxygens (including phenoxy) is 1. The maximum Gasteiger partial charge on any atom is 0.302 e. The molecule has 110 valence electrons. The Morgan fingerprint density at radius 2 is 1.42 bits per heavy atom. The van der Waals surface area contributed by atoms with E-state index in [9.17, 15) is 4.79 Å². The molecule has 0 rings (SSSR count). The van der Waals surface area contributed by atoms with E-state index in [4.69, 9.17) is 4.74 Å². The number of rotatable bonds is 13. The molecule has 0 bridgehead atoms. The number of esters is 1. The number of hydrogen-bond donors (Lipinski definition) is 0. The van der Waals surface area contributed by atoms with Crippen molar-refractivity contribution in [2.75, 3.05) is 6.61 Å². The van der Waals surface area contributed by atoms with Crippen LogP contribution >= 0.6 is 0 Å². The zero-order chi connectivity index (χ0) is 14.2. The van der Waals surface area contributed by atoms with Gasteiger partial charge in [0.2, 0.25) is 0 Å². The summed E-state index contributed by atoms with van der Waals surface area (Å²) in [7, 11) is 0. The minimum absolute atomic E-state index is 0.183. The molecule has 0 aliphatic heterocycles. The third kappa shape index (κ3) is 16.9. The molecule has 0 aliphatic carbocycles. The molecule has 0 radical (unpaired) electrons. The quantitative estimate of drug-likeness (QED) is 0.260. The zero-order valence-electron chi connectivity index (χ0n) is 12.5. The molecule has 0 aliphatic rings. The van der Waals surface area contributed by atoms with Gasteiger partial charge in [-0.2, -0.15) is 0 Å². The van der Waals surface area contributed by atoms with Gasteiger partial charge < -0.3 is 4.74 Å². The SMILES string of the molecule is C=CCCCCCCCCC=CCCCOC(C)=O. The summed E-state index contributed by atoms with van der Waals surface area (Å²) < 4.78 is 4.86. The van der Waals surface area contributed by atoms with E-state index in [1.807, 2.05) is 6.08 Å². The fourth-order valence-corrected chi connectivity index (χ4v) is 1.91. The maximum atomic E-state index is 10.5. The highest BCUT2D eigenvalue weighted by Crippen LogP contribution is 2.09. The van der Waals surface area contributed by atoms with Crippen LogP contribution < -0.4 is 0 Å². The third-order valence-corrected chi connectivity index (χ3v) is 3.02. The summed E-state index contributed by atoms with van der Waals surface area (Å²) in [5.74, 6) is -0.183. The molecule has 0 aromatic heterocycles. The molecule has 0 atom stereocenters. The Morgan fingerprint density at radius 1 is 0.895 bits per heavy atom. The highest BCUT2D eigenvalue weighted by Gasteiger charge is 1.91. The van der Waals surface area contributed by atoms with E-state index in [0.717, 1.165) is 19.3 Å². The number of allylic oxidation sites excluding steroid dienone is 3. The Kier molecular flexibility index (Phi) is 14.2. The second kappa shape index (κ2) is 15.0. The second-order valence-corrected chi connectivity index (χ2v) is 4.94. The summed E-state index contributed by atoms with van der Waals surface area (Å²) in [6.45, 7) is 5.73. The largest absolute Gasteiger partial charge is 0.466 e. The monoisotopic (exact) mass is 266 g/mol. The normalized spacial score (nSPS) is 10.8. The van der Waals surface area contributed by atoms with Crippen LogP contribution in [0.5, 0.6) is 0 Å². The lowest BCUT2D eigenvalue weighted by Gasteiger charge is -1.99. The van der Waals surface area contributed by atoms with Crippen molar-refractivity contribution in [3.05, 3.63) is 24.8 Å². The first kappa shape index (κ1) is 17.9. The van der Waals surface area contributed by atoms with Gasteiger partial charge in [0.05, 0.1) is 6.61 Å². The molecule has 2 heteroatoms. The molecule has 0 aromatic carbocycles. The predicted octanol–water partition coefficient (Wildman–Crippen LogP) is 5.19. The van der Waals surface area contributed by atoms with Gasteiger partial charge >= 0.3 is 5.97 Å². The number of carbonyl (C=O) groups is 1. The van der Waals surface area contributed by atoms with Crippen molar-refractivity contribution in [2.24, 2.45) is 0 Å². The lowest BCUT2D eigenvalue weighted by atomic mass is 10.1. The van der Waals surface area contributed by atoms with Crippen LogP contribution in [-0.4, -0.2) is 12.6 Å². The van der Waals surface area contributed by atoms with Crippen LogP contribution in [0.4, 0.5) is 0 Å². The van der Waals surface area contributed by atoms with Crippen LogP contribution in [-0.2, 0) is 9.53 Å². The number of hydrogen-bond acceptors (Lipinski definition) is 2. The smallest absolute Gasteiger partial charge is 0.302 e. The summed E-state index contributed by atoms with van der Waals surface area (Å²) in [4.78, 5) is 10.5. The topological polar surface area (TPSA) is 26.3 Å². The molecule has 0 saturated heterocycles. The molecular weight excluding hydrogens is 236 g/mol. The first-order valence-corrected chi connectivity index (χ1v) is 7.66. The average molecular weight is 266 g/mol. The van der Waals surface area contributed by atoms with Crippen LogP contribution in [0.3, 0.4) is 0 Å². The first-order valence-electron chi connectivity index (χ1n) is 7.66. The van der Waals surface area contributed by atoms with Crippen molar-refractivity contribution < 1.29 is 9.53 Å². The second-order valence-electron chi connectivity index (χ2n) is 4.94. The van der Waals surface area contributed by atoms with Crippen LogP contribution in [0.25, 0.3) is 0 Å². The van der Waals surface area contributed by atoms with Gasteiger partial charge in [0, 0.05) is 6.92 Å². The van der Waals surface area contributed by atoms with Crippen molar-refractivity contribution in [1.29, 1.82) is 0 Å². The van der Waals surface area contributed by atoms with E-state index in [-0.39, 0.29) is 5.97 Å².